The van der Waals surface area contributed by atoms with Gasteiger partial charge in [0.1, 0.15) is 0 Å². The highest BCUT2D eigenvalue weighted by molar-refractivity contribution is 5.14. The van der Waals surface area contributed by atoms with Gasteiger partial charge in [-0.05, 0) is 44.4 Å². The molecular weight excluding hydrogens is 174 g/mol. The van der Waals surface area contributed by atoms with Crippen molar-refractivity contribution in [3.05, 3.63) is 11.6 Å². The molecule has 0 bridgehead atoms. The monoisotopic (exact) mass is 195 g/mol. The van der Waals surface area contributed by atoms with Gasteiger partial charge in [0, 0.05) is 19.3 Å². The second kappa shape index (κ2) is 4.94. The summed E-state index contributed by atoms with van der Waals surface area (Å²) in [6, 6.07) is 0.319. The van der Waals surface area contributed by atoms with Crippen molar-refractivity contribution >= 4 is 0 Å². The topological polar surface area (TPSA) is 35.2 Å². The summed E-state index contributed by atoms with van der Waals surface area (Å²) in [6.07, 6.45) is 9.85. The Morgan fingerprint density at radius 2 is 2.07 bits per heavy atom. The van der Waals surface area contributed by atoms with Crippen LogP contribution in [0.5, 0.6) is 0 Å². The minimum atomic E-state index is 0.319. The Labute approximate surface area is 86.5 Å². The van der Waals surface area contributed by atoms with Gasteiger partial charge < -0.3 is 10.5 Å². The number of allylic oxidation sites excluding steroid dienone is 1. The van der Waals surface area contributed by atoms with E-state index in [0.29, 0.717) is 12.0 Å². The molecule has 1 atom stereocenters. The maximum atomic E-state index is 6.30. The van der Waals surface area contributed by atoms with Gasteiger partial charge in [-0.15, -0.1) is 0 Å². The van der Waals surface area contributed by atoms with Crippen LogP contribution in [0.3, 0.4) is 0 Å². The smallest absolute Gasteiger partial charge is 0.0469 e. The van der Waals surface area contributed by atoms with Crippen LogP contribution in [-0.2, 0) is 4.74 Å². The summed E-state index contributed by atoms with van der Waals surface area (Å²) in [5, 5.41) is 0. The summed E-state index contributed by atoms with van der Waals surface area (Å²) in [4.78, 5) is 0. The Hall–Kier alpha value is -0.340. The molecule has 0 radical (unpaired) electrons. The van der Waals surface area contributed by atoms with Crippen LogP contribution in [0.4, 0.5) is 0 Å². The molecule has 1 aliphatic heterocycles. The quantitative estimate of drug-likeness (QED) is 0.686. The summed E-state index contributed by atoms with van der Waals surface area (Å²) >= 11 is 0. The van der Waals surface area contributed by atoms with Crippen molar-refractivity contribution in [3.8, 4) is 0 Å². The minimum Gasteiger partial charge on any atom is -0.381 e. The van der Waals surface area contributed by atoms with Gasteiger partial charge in [0.25, 0.3) is 0 Å². The Morgan fingerprint density at radius 1 is 1.29 bits per heavy atom. The van der Waals surface area contributed by atoms with E-state index in [-0.39, 0.29) is 0 Å². The van der Waals surface area contributed by atoms with Crippen molar-refractivity contribution < 1.29 is 4.74 Å². The van der Waals surface area contributed by atoms with Gasteiger partial charge in [0.2, 0.25) is 0 Å². The van der Waals surface area contributed by atoms with E-state index in [1.54, 1.807) is 0 Å². The van der Waals surface area contributed by atoms with Crippen molar-refractivity contribution in [1.82, 2.24) is 0 Å². The van der Waals surface area contributed by atoms with E-state index in [9.17, 15) is 0 Å². The van der Waals surface area contributed by atoms with Crippen molar-refractivity contribution in [2.45, 2.75) is 44.6 Å². The molecule has 0 spiro atoms. The zero-order chi connectivity index (χ0) is 9.80. The lowest BCUT2D eigenvalue weighted by Crippen LogP contribution is -2.36. The van der Waals surface area contributed by atoms with Gasteiger partial charge in [0.05, 0.1) is 0 Å². The molecule has 1 saturated heterocycles. The van der Waals surface area contributed by atoms with Crippen LogP contribution in [-0.4, -0.2) is 19.3 Å². The van der Waals surface area contributed by atoms with Crippen LogP contribution >= 0.6 is 0 Å². The highest BCUT2D eigenvalue weighted by Gasteiger charge is 2.24. The molecule has 1 aliphatic carbocycles. The fraction of sp³-hybridized carbons (Fsp3) is 0.833. The Balaban J connectivity index is 1.91. The Morgan fingerprint density at radius 3 is 2.71 bits per heavy atom. The zero-order valence-electron chi connectivity index (χ0n) is 8.87. The molecule has 0 aromatic carbocycles. The first kappa shape index (κ1) is 10.2. The molecule has 1 unspecified atom stereocenters. The molecular formula is C12H21NO. The molecule has 2 rings (SSSR count). The first-order chi connectivity index (χ1) is 6.88. The third-order valence-corrected chi connectivity index (χ3v) is 3.53. The number of hydrogen-bond donors (Lipinski definition) is 1. The van der Waals surface area contributed by atoms with Crippen molar-refractivity contribution in [2.75, 3.05) is 13.2 Å². The molecule has 0 aromatic heterocycles. The van der Waals surface area contributed by atoms with E-state index in [2.05, 4.69) is 6.08 Å². The number of ether oxygens (including phenoxy) is 1. The number of rotatable bonds is 2. The second-order valence-corrected chi connectivity index (χ2v) is 4.50. The van der Waals surface area contributed by atoms with E-state index < -0.39 is 0 Å². The molecule has 2 nitrogen and oxygen atoms in total. The third kappa shape index (κ3) is 2.37. The second-order valence-electron chi connectivity index (χ2n) is 4.50. The normalized spacial score (nSPS) is 27.1. The summed E-state index contributed by atoms with van der Waals surface area (Å²) in [5.41, 5.74) is 7.82. The van der Waals surface area contributed by atoms with E-state index in [0.717, 1.165) is 26.1 Å². The fourth-order valence-electron chi connectivity index (χ4n) is 2.54. The maximum Gasteiger partial charge on any atom is 0.0469 e. The number of nitrogens with two attached hydrogens (primary N) is 1. The SMILES string of the molecule is NC(C1=CCCCC1)C1CCOCC1. The summed E-state index contributed by atoms with van der Waals surface area (Å²) in [7, 11) is 0. The van der Waals surface area contributed by atoms with E-state index in [1.165, 1.54) is 31.3 Å². The van der Waals surface area contributed by atoms with Crippen molar-refractivity contribution in [2.24, 2.45) is 11.7 Å². The van der Waals surface area contributed by atoms with E-state index in [1.807, 2.05) is 0 Å². The predicted molar refractivity (Wildman–Crippen MR) is 58.1 cm³/mol. The maximum absolute atomic E-state index is 6.30. The highest BCUT2D eigenvalue weighted by Crippen LogP contribution is 2.27. The van der Waals surface area contributed by atoms with Gasteiger partial charge >= 0.3 is 0 Å². The Bertz CT molecular complexity index is 206. The standard InChI is InChI=1S/C12H21NO/c13-12(10-4-2-1-3-5-10)11-6-8-14-9-7-11/h4,11-12H,1-3,5-9,13H2. The van der Waals surface area contributed by atoms with E-state index in [4.69, 9.17) is 10.5 Å². The Kier molecular flexibility index (Phi) is 3.60. The molecule has 2 aliphatic rings. The fourth-order valence-corrected chi connectivity index (χ4v) is 2.54. The zero-order valence-corrected chi connectivity index (χ0v) is 8.87. The van der Waals surface area contributed by atoms with Crippen LogP contribution in [0, 0.1) is 5.92 Å². The van der Waals surface area contributed by atoms with Gasteiger partial charge in [0.15, 0.2) is 0 Å². The predicted octanol–water partition coefficient (Wildman–Crippen LogP) is 2.24. The summed E-state index contributed by atoms with van der Waals surface area (Å²) in [6.45, 7) is 1.82. The molecule has 14 heavy (non-hydrogen) atoms. The van der Waals surface area contributed by atoms with Crippen molar-refractivity contribution in [3.63, 3.8) is 0 Å². The molecule has 0 amide bonds. The lowest BCUT2D eigenvalue weighted by atomic mass is 9.83. The third-order valence-electron chi connectivity index (χ3n) is 3.53. The average Bonchev–Trinajstić information content (AvgIpc) is 2.30. The average molecular weight is 195 g/mol. The van der Waals surface area contributed by atoms with Crippen LogP contribution in [0.25, 0.3) is 0 Å². The molecule has 0 aromatic rings. The van der Waals surface area contributed by atoms with Gasteiger partial charge in [-0.3, -0.25) is 0 Å². The van der Waals surface area contributed by atoms with Crippen molar-refractivity contribution in [1.29, 1.82) is 0 Å². The first-order valence-corrected chi connectivity index (χ1v) is 5.90. The van der Waals surface area contributed by atoms with Gasteiger partial charge in [-0.25, -0.2) is 0 Å². The van der Waals surface area contributed by atoms with Crippen LogP contribution in [0.1, 0.15) is 38.5 Å². The molecule has 80 valence electrons. The minimum absolute atomic E-state index is 0.319. The molecule has 0 saturated carbocycles. The lowest BCUT2D eigenvalue weighted by Gasteiger charge is -2.30. The van der Waals surface area contributed by atoms with Crippen LogP contribution < -0.4 is 5.73 Å². The van der Waals surface area contributed by atoms with Gasteiger partial charge in [-0.1, -0.05) is 11.6 Å². The van der Waals surface area contributed by atoms with Crippen LogP contribution in [0.15, 0.2) is 11.6 Å². The molecule has 1 heterocycles. The van der Waals surface area contributed by atoms with E-state index >= 15 is 0 Å². The number of hydrogen-bond acceptors (Lipinski definition) is 2. The molecule has 1 fully saturated rings. The highest BCUT2D eigenvalue weighted by atomic mass is 16.5. The molecule has 2 heteroatoms. The van der Waals surface area contributed by atoms with Crippen LogP contribution in [0.2, 0.25) is 0 Å². The molecule has 2 N–H and O–H groups in total. The largest absolute Gasteiger partial charge is 0.381 e. The van der Waals surface area contributed by atoms with Gasteiger partial charge in [-0.2, -0.15) is 0 Å². The lowest BCUT2D eigenvalue weighted by molar-refractivity contribution is 0.0614. The first-order valence-electron chi connectivity index (χ1n) is 5.90. The summed E-state index contributed by atoms with van der Waals surface area (Å²) < 4.78 is 5.36. The summed E-state index contributed by atoms with van der Waals surface area (Å²) in [5.74, 6) is 0.674.